The van der Waals surface area contributed by atoms with Gasteiger partial charge in [0.05, 0.1) is 12.5 Å². The molecule has 5 amide bonds. The molecule has 0 saturated carbocycles. The van der Waals surface area contributed by atoms with Gasteiger partial charge in [-0.1, -0.05) is 30.3 Å². The Kier molecular flexibility index (Phi) is 11.4. The number of phenols is 1. The number of primary amides is 2. The van der Waals surface area contributed by atoms with Crippen LogP contribution in [-0.4, -0.2) is 74.9 Å². The highest BCUT2D eigenvalue weighted by Gasteiger charge is 2.31. The Morgan fingerprint density at radius 3 is 2.02 bits per heavy atom. The number of carbonyl (C=O) groups is 6. The molecule has 44 heavy (non-hydrogen) atoms. The van der Waals surface area contributed by atoms with Crippen LogP contribution in [0.3, 0.4) is 0 Å². The van der Waals surface area contributed by atoms with E-state index in [0.29, 0.717) is 5.56 Å². The molecule has 3 rings (SSSR count). The van der Waals surface area contributed by atoms with Gasteiger partial charge in [0.2, 0.25) is 29.5 Å². The number of H-pyrrole nitrogens is 1. The number of nitrogens with one attached hydrogen (secondary N) is 4. The van der Waals surface area contributed by atoms with Crippen LogP contribution in [0.5, 0.6) is 5.75 Å². The highest BCUT2D eigenvalue weighted by Crippen LogP contribution is 2.19. The molecule has 1 aromatic heterocycles. The zero-order chi connectivity index (χ0) is 32.4. The largest absolute Gasteiger partial charge is 0.508 e. The summed E-state index contributed by atoms with van der Waals surface area (Å²) < 4.78 is 0. The number of phenolic OH excluding ortho intramolecular Hbond substituents is 1. The number of aliphatic carboxylic acids is 1. The molecule has 0 aliphatic heterocycles. The molecular formula is C29H35N7O8. The van der Waals surface area contributed by atoms with E-state index in [4.69, 9.17) is 17.2 Å². The Hall–Kier alpha value is -5.44. The molecular weight excluding hydrogens is 574 g/mol. The summed E-state index contributed by atoms with van der Waals surface area (Å²) in [6.07, 6.45) is 0.422. The van der Waals surface area contributed by atoms with E-state index in [0.717, 1.165) is 16.5 Å². The van der Waals surface area contributed by atoms with Crippen molar-refractivity contribution < 1.29 is 39.0 Å². The molecule has 12 N–H and O–H groups in total. The number of para-hydroxylation sites is 1. The van der Waals surface area contributed by atoms with Gasteiger partial charge in [-0.25, -0.2) is 4.79 Å². The summed E-state index contributed by atoms with van der Waals surface area (Å²) in [5, 5.41) is 27.1. The van der Waals surface area contributed by atoms with Crippen LogP contribution in [0.2, 0.25) is 0 Å². The Morgan fingerprint density at radius 1 is 0.773 bits per heavy atom. The molecule has 1 heterocycles. The summed E-state index contributed by atoms with van der Waals surface area (Å²) in [5.41, 5.74) is 18.7. The van der Waals surface area contributed by atoms with Crippen LogP contribution in [-0.2, 0) is 41.6 Å². The zero-order valence-corrected chi connectivity index (χ0v) is 23.6. The first-order valence-corrected chi connectivity index (χ1v) is 13.6. The fourth-order valence-corrected chi connectivity index (χ4v) is 4.49. The predicted molar refractivity (Wildman–Crippen MR) is 157 cm³/mol. The number of fused-ring (bicyclic) bond motifs is 1. The molecule has 4 atom stereocenters. The molecule has 15 heteroatoms. The smallest absolute Gasteiger partial charge is 0.326 e. The second kappa shape index (κ2) is 15.2. The maximum atomic E-state index is 13.5. The first-order valence-electron chi connectivity index (χ1n) is 13.6. The van der Waals surface area contributed by atoms with Gasteiger partial charge in [-0.3, -0.25) is 24.0 Å². The third-order valence-electron chi connectivity index (χ3n) is 6.79. The lowest BCUT2D eigenvalue weighted by atomic mass is 10.0. The van der Waals surface area contributed by atoms with Crippen LogP contribution >= 0.6 is 0 Å². The Bertz CT molecular complexity index is 1520. The summed E-state index contributed by atoms with van der Waals surface area (Å²) in [6.45, 7) is 0. The number of rotatable bonds is 16. The van der Waals surface area contributed by atoms with E-state index in [1.165, 1.54) is 24.3 Å². The van der Waals surface area contributed by atoms with E-state index in [1.807, 2.05) is 24.3 Å². The van der Waals surface area contributed by atoms with E-state index in [1.54, 1.807) is 6.20 Å². The van der Waals surface area contributed by atoms with Crippen molar-refractivity contribution >= 4 is 46.4 Å². The number of aromatic hydroxyl groups is 1. The van der Waals surface area contributed by atoms with Gasteiger partial charge in [0, 0.05) is 29.9 Å². The summed E-state index contributed by atoms with van der Waals surface area (Å²) in [6, 6.07) is 7.80. The first kappa shape index (κ1) is 33.1. The second-order valence-electron chi connectivity index (χ2n) is 10.2. The second-order valence-corrected chi connectivity index (χ2v) is 10.2. The van der Waals surface area contributed by atoms with Crippen molar-refractivity contribution in [1.29, 1.82) is 0 Å². The molecule has 3 aromatic rings. The zero-order valence-electron chi connectivity index (χ0n) is 23.6. The van der Waals surface area contributed by atoms with Gasteiger partial charge in [0.15, 0.2) is 0 Å². The summed E-state index contributed by atoms with van der Waals surface area (Å²) >= 11 is 0. The van der Waals surface area contributed by atoms with Gasteiger partial charge < -0.3 is 48.3 Å². The Labute approximate surface area is 251 Å². The maximum absolute atomic E-state index is 13.5. The van der Waals surface area contributed by atoms with Gasteiger partial charge in [-0.2, -0.15) is 0 Å². The van der Waals surface area contributed by atoms with E-state index in [9.17, 15) is 39.0 Å². The molecule has 0 aliphatic rings. The Morgan fingerprint density at radius 2 is 1.39 bits per heavy atom. The average molecular weight is 610 g/mol. The Balaban J connectivity index is 1.81. The highest BCUT2D eigenvalue weighted by molar-refractivity contribution is 5.95. The summed E-state index contributed by atoms with van der Waals surface area (Å²) in [4.78, 5) is 77.1. The number of amides is 5. The van der Waals surface area contributed by atoms with Gasteiger partial charge in [0.25, 0.3) is 0 Å². The minimum atomic E-state index is -1.69. The quantitative estimate of drug-likeness (QED) is 0.0929. The van der Waals surface area contributed by atoms with Gasteiger partial charge >= 0.3 is 5.97 Å². The van der Waals surface area contributed by atoms with Crippen molar-refractivity contribution in [3.05, 3.63) is 65.9 Å². The molecule has 234 valence electrons. The van der Waals surface area contributed by atoms with E-state index >= 15 is 0 Å². The number of hydrogen-bond donors (Lipinski definition) is 9. The van der Waals surface area contributed by atoms with E-state index in [2.05, 4.69) is 20.9 Å². The van der Waals surface area contributed by atoms with Crippen LogP contribution in [0.4, 0.5) is 0 Å². The van der Waals surface area contributed by atoms with Crippen LogP contribution in [0.15, 0.2) is 54.7 Å². The summed E-state index contributed by atoms with van der Waals surface area (Å²) in [5.74, 6) is -5.88. The number of nitrogens with two attached hydrogens (primary N) is 3. The number of hydrogen-bond acceptors (Lipinski definition) is 8. The number of benzene rings is 2. The lowest BCUT2D eigenvalue weighted by molar-refractivity contribution is -0.144. The molecule has 0 bridgehead atoms. The lowest BCUT2D eigenvalue weighted by Gasteiger charge is -2.25. The monoisotopic (exact) mass is 609 g/mol. The van der Waals surface area contributed by atoms with Crippen molar-refractivity contribution in [2.24, 2.45) is 17.2 Å². The van der Waals surface area contributed by atoms with Gasteiger partial charge in [0.1, 0.15) is 23.9 Å². The summed E-state index contributed by atoms with van der Waals surface area (Å²) in [7, 11) is 0. The number of aromatic amines is 1. The number of carboxylic acid groups (broad SMARTS) is 1. The third kappa shape index (κ3) is 9.55. The van der Waals surface area contributed by atoms with Crippen LogP contribution in [0.25, 0.3) is 10.9 Å². The van der Waals surface area contributed by atoms with Crippen LogP contribution < -0.4 is 33.2 Å². The number of carbonyl (C=O) groups excluding carboxylic acids is 5. The minimum Gasteiger partial charge on any atom is -0.508 e. The first-order chi connectivity index (χ1) is 20.8. The van der Waals surface area contributed by atoms with Gasteiger partial charge in [-0.05, 0) is 42.2 Å². The normalized spacial score (nSPS) is 13.7. The van der Waals surface area contributed by atoms with Crippen LogP contribution in [0.1, 0.15) is 30.4 Å². The van der Waals surface area contributed by atoms with Crippen LogP contribution in [0, 0.1) is 0 Å². The fraction of sp³-hybridized carbons (Fsp3) is 0.310. The highest BCUT2D eigenvalue weighted by atomic mass is 16.4. The van der Waals surface area contributed by atoms with E-state index in [-0.39, 0.29) is 31.4 Å². The molecule has 0 aliphatic carbocycles. The molecule has 0 fully saturated rings. The lowest BCUT2D eigenvalue weighted by Crippen LogP contribution is -2.58. The van der Waals surface area contributed by atoms with Crippen molar-refractivity contribution in [3.8, 4) is 5.75 Å². The maximum Gasteiger partial charge on any atom is 0.326 e. The number of carboxylic acids is 1. The molecule has 0 spiro atoms. The van der Waals surface area contributed by atoms with Crippen molar-refractivity contribution in [1.82, 2.24) is 20.9 Å². The molecule has 4 unspecified atom stereocenters. The molecule has 2 aromatic carbocycles. The average Bonchev–Trinajstić information content (AvgIpc) is 3.37. The van der Waals surface area contributed by atoms with Crippen molar-refractivity contribution in [2.75, 3.05) is 0 Å². The molecule has 15 nitrogen and oxygen atoms in total. The fourth-order valence-electron chi connectivity index (χ4n) is 4.49. The topological polar surface area (TPSA) is 273 Å². The predicted octanol–water partition coefficient (Wildman–Crippen LogP) is -1.33. The third-order valence-corrected chi connectivity index (χ3v) is 6.79. The molecule has 0 saturated heterocycles. The van der Waals surface area contributed by atoms with Gasteiger partial charge in [-0.15, -0.1) is 0 Å². The SMILES string of the molecule is NC(=O)CCC(NC(=O)C(Cc1ccc(O)cc1)NC(=O)C(N)Cc1c[nH]c2ccccc12)C(=O)NC(CC(N)=O)C(=O)O. The van der Waals surface area contributed by atoms with Crippen molar-refractivity contribution in [3.63, 3.8) is 0 Å². The standard InChI is InChI=1S/C29H35N7O8/c30-19(12-16-14-33-20-4-2-1-3-18(16)20)26(40)35-22(11-15-5-7-17(37)8-6-15)28(42)34-21(9-10-24(31)38)27(41)36-23(29(43)44)13-25(32)39/h1-8,14,19,21-23,33,37H,9-13,30H2,(H2,31,38)(H2,32,39)(H,34,42)(H,35,40)(H,36,41)(H,43,44). The van der Waals surface area contributed by atoms with E-state index < -0.39 is 66.1 Å². The minimum absolute atomic E-state index is 0.0216. The molecule has 0 radical (unpaired) electrons. The van der Waals surface area contributed by atoms with Crippen molar-refractivity contribution in [2.45, 2.75) is 56.3 Å². The number of aromatic nitrogens is 1.